The van der Waals surface area contributed by atoms with Gasteiger partial charge in [0.05, 0.1) is 0 Å². The number of ketones is 1. The lowest BCUT2D eigenvalue weighted by Crippen LogP contribution is -2.47. The molecule has 17 heavy (non-hydrogen) atoms. The summed E-state index contributed by atoms with van der Waals surface area (Å²) in [6.45, 7) is 3.52. The van der Waals surface area contributed by atoms with Gasteiger partial charge in [0.15, 0.2) is 0 Å². The van der Waals surface area contributed by atoms with E-state index in [2.05, 4.69) is 0 Å². The largest absolute Gasteiger partial charge is 0.328 e. The molecule has 2 aliphatic rings. The molecule has 1 aliphatic carbocycles. The molecule has 2 fully saturated rings. The highest BCUT2D eigenvalue weighted by molar-refractivity contribution is 5.84. The van der Waals surface area contributed by atoms with Crippen LogP contribution >= 0.6 is 0 Å². The number of rotatable bonds is 2. The minimum atomic E-state index is 0.0923. The van der Waals surface area contributed by atoms with Crippen molar-refractivity contribution in [3.63, 3.8) is 0 Å². The maximum absolute atomic E-state index is 12.2. The number of hydrogen-bond donors (Lipinski definition) is 0. The summed E-state index contributed by atoms with van der Waals surface area (Å²) in [6.07, 6.45) is 4.74. The second-order valence-electron chi connectivity index (χ2n) is 5.16. The van der Waals surface area contributed by atoms with Gasteiger partial charge in [0.2, 0.25) is 0 Å². The molecule has 1 aliphatic heterocycles. The van der Waals surface area contributed by atoms with Gasteiger partial charge in [-0.3, -0.25) is 4.79 Å². The van der Waals surface area contributed by atoms with E-state index in [1.54, 1.807) is 4.90 Å². The fourth-order valence-corrected chi connectivity index (χ4v) is 3.05. The Labute approximate surface area is 103 Å². The van der Waals surface area contributed by atoms with E-state index in [-0.39, 0.29) is 18.0 Å². The van der Waals surface area contributed by atoms with Crippen molar-refractivity contribution in [1.29, 1.82) is 0 Å². The van der Waals surface area contributed by atoms with Crippen LogP contribution in [0, 0.1) is 5.92 Å². The second kappa shape index (κ2) is 5.07. The van der Waals surface area contributed by atoms with Gasteiger partial charge in [-0.1, -0.05) is 0 Å². The number of amides is 2. The quantitative estimate of drug-likeness (QED) is 0.737. The van der Waals surface area contributed by atoms with E-state index in [4.69, 9.17) is 0 Å². The summed E-state index contributed by atoms with van der Waals surface area (Å²) >= 11 is 0. The van der Waals surface area contributed by atoms with Gasteiger partial charge in [0.25, 0.3) is 0 Å². The Balaban J connectivity index is 2.06. The topological polar surface area (TPSA) is 40.6 Å². The minimum absolute atomic E-state index is 0.0923. The van der Waals surface area contributed by atoms with Crippen molar-refractivity contribution in [3.05, 3.63) is 0 Å². The molecule has 0 aromatic rings. The zero-order valence-electron chi connectivity index (χ0n) is 10.8. The molecule has 0 radical (unpaired) electrons. The van der Waals surface area contributed by atoms with Gasteiger partial charge in [-0.2, -0.15) is 0 Å². The minimum Gasteiger partial charge on any atom is -0.328 e. The van der Waals surface area contributed by atoms with E-state index in [0.717, 1.165) is 38.8 Å². The molecule has 2 rings (SSSR count). The maximum Gasteiger partial charge on any atom is 0.320 e. The van der Waals surface area contributed by atoms with Crippen LogP contribution in [0.15, 0.2) is 0 Å². The van der Waals surface area contributed by atoms with E-state index in [1.165, 1.54) is 0 Å². The fourth-order valence-electron chi connectivity index (χ4n) is 3.05. The molecule has 1 saturated carbocycles. The van der Waals surface area contributed by atoms with Gasteiger partial charge in [-0.25, -0.2) is 4.79 Å². The van der Waals surface area contributed by atoms with Gasteiger partial charge in [-0.15, -0.1) is 0 Å². The van der Waals surface area contributed by atoms with Crippen molar-refractivity contribution in [3.8, 4) is 0 Å². The lowest BCUT2D eigenvalue weighted by atomic mass is 9.95. The van der Waals surface area contributed by atoms with Crippen LogP contribution in [0.4, 0.5) is 4.79 Å². The summed E-state index contributed by atoms with van der Waals surface area (Å²) in [4.78, 5) is 27.7. The Morgan fingerprint density at radius 3 is 2.76 bits per heavy atom. The number of nitrogens with zero attached hydrogens (tertiary/aromatic N) is 2. The first-order chi connectivity index (χ1) is 8.15. The Morgan fingerprint density at radius 2 is 2.18 bits per heavy atom. The molecular weight excluding hydrogens is 216 g/mol. The van der Waals surface area contributed by atoms with Crippen LogP contribution in [-0.2, 0) is 4.79 Å². The van der Waals surface area contributed by atoms with Crippen molar-refractivity contribution >= 4 is 11.8 Å². The first kappa shape index (κ1) is 12.4. The van der Waals surface area contributed by atoms with Crippen LogP contribution in [0.2, 0.25) is 0 Å². The molecule has 2 amide bonds. The van der Waals surface area contributed by atoms with E-state index < -0.39 is 0 Å². The number of Topliss-reactive ketones (excluding diaryl/α,β-unsaturated/α-hetero) is 1. The third-order valence-electron chi connectivity index (χ3n) is 4.16. The monoisotopic (exact) mass is 238 g/mol. The van der Waals surface area contributed by atoms with E-state index >= 15 is 0 Å². The first-order valence-electron chi connectivity index (χ1n) is 6.69. The summed E-state index contributed by atoms with van der Waals surface area (Å²) in [5.41, 5.74) is 0. The number of likely N-dealkylation sites (tertiary alicyclic amines) is 1. The molecule has 0 spiro atoms. The lowest BCUT2D eigenvalue weighted by Gasteiger charge is -2.31. The molecule has 0 bridgehead atoms. The van der Waals surface area contributed by atoms with Gasteiger partial charge in [-0.05, 0) is 32.6 Å². The van der Waals surface area contributed by atoms with Crippen molar-refractivity contribution in [2.75, 3.05) is 20.1 Å². The van der Waals surface area contributed by atoms with Crippen molar-refractivity contribution < 1.29 is 9.59 Å². The van der Waals surface area contributed by atoms with Crippen molar-refractivity contribution in [2.45, 2.75) is 45.1 Å². The SMILES string of the molecule is CCN(C)C(=O)N1CCCC1C1CCCC1=O. The summed E-state index contributed by atoms with van der Waals surface area (Å²) in [5.74, 6) is 0.487. The summed E-state index contributed by atoms with van der Waals surface area (Å²) in [6, 6.07) is 0.265. The number of carbonyl (C=O) groups excluding carboxylic acids is 2. The second-order valence-corrected chi connectivity index (χ2v) is 5.16. The molecule has 1 heterocycles. The summed E-state index contributed by atoms with van der Waals surface area (Å²) in [5, 5.41) is 0. The molecule has 1 saturated heterocycles. The number of carbonyl (C=O) groups is 2. The fraction of sp³-hybridized carbons (Fsp3) is 0.846. The third-order valence-corrected chi connectivity index (χ3v) is 4.16. The smallest absolute Gasteiger partial charge is 0.320 e. The van der Waals surface area contributed by atoms with Crippen LogP contribution in [-0.4, -0.2) is 47.8 Å². The van der Waals surface area contributed by atoms with Gasteiger partial charge < -0.3 is 9.80 Å². The van der Waals surface area contributed by atoms with Gasteiger partial charge in [0, 0.05) is 38.5 Å². The predicted molar refractivity (Wildman–Crippen MR) is 65.8 cm³/mol. The Hall–Kier alpha value is -1.06. The summed E-state index contributed by atoms with van der Waals surface area (Å²) < 4.78 is 0. The normalized spacial score (nSPS) is 28.8. The van der Waals surface area contributed by atoms with Crippen molar-refractivity contribution in [1.82, 2.24) is 9.80 Å². The highest BCUT2D eigenvalue weighted by Gasteiger charge is 2.40. The molecule has 96 valence electrons. The molecule has 4 heteroatoms. The standard InChI is InChI=1S/C13H22N2O2/c1-3-14(2)13(17)15-9-5-7-11(15)10-6-4-8-12(10)16/h10-11H,3-9H2,1-2H3. The Morgan fingerprint density at radius 1 is 1.41 bits per heavy atom. The Kier molecular flexibility index (Phi) is 3.69. The first-order valence-corrected chi connectivity index (χ1v) is 6.69. The van der Waals surface area contributed by atoms with Crippen LogP contribution < -0.4 is 0 Å². The molecule has 0 N–H and O–H groups in total. The van der Waals surface area contributed by atoms with Crippen molar-refractivity contribution in [2.24, 2.45) is 5.92 Å². The van der Waals surface area contributed by atoms with Crippen LogP contribution in [0.1, 0.15) is 39.0 Å². The number of hydrogen-bond acceptors (Lipinski definition) is 2. The van der Waals surface area contributed by atoms with Crippen LogP contribution in [0.3, 0.4) is 0 Å². The summed E-state index contributed by atoms with van der Waals surface area (Å²) in [7, 11) is 1.83. The zero-order valence-corrected chi connectivity index (χ0v) is 10.8. The molecule has 2 unspecified atom stereocenters. The third kappa shape index (κ3) is 2.31. The number of urea groups is 1. The molecule has 2 atom stereocenters. The zero-order chi connectivity index (χ0) is 12.4. The highest BCUT2D eigenvalue weighted by Crippen LogP contribution is 2.33. The molecule has 0 aromatic carbocycles. The molecule has 4 nitrogen and oxygen atoms in total. The Bertz CT molecular complexity index is 317. The molecule has 0 aromatic heterocycles. The average molecular weight is 238 g/mol. The maximum atomic E-state index is 12.2. The van der Waals surface area contributed by atoms with E-state index in [9.17, 15) is 9.59 Å². The predicted octanol–water partition coefficient (Wildman–Crippen LogP) is 1.89. The van der Waals surface area contributed by atoms with Gasteiger partial charge in [0.1, 0.15) is 5.78 Å². The molecular formula is C13H22N2O2. The van der Waals surface area contributed by atoms with Crippen LogP contribution in [0.5, 0.6) is 0 Å². The van der Waals surface area contributed by atoms with Crippen LogP contribution in [0.25, 0.3) is 0 Å². The van der Waals surface area contributed by atoms with Gasteiger partial charge >= 0.3 is 6.03 Å². The lowest BCUT2D eigenvalue weighted by molar-refractivity contribution is -0.121. The van der Waals surface area contributed by atoms with E-state index in [0.29, 0.717) is 12.2 Å². The van der Waals surface area contributed by atoms with E-state index in [1.807, 2.05) is 18.9 Å². The average Bonchev–Trinajstić information content (AvgIpc) is 2.94. The highest BCUT2D eigenvalue weighted by atomic mass is 16.2.